The number of rotatable bonds is 2. The Bertz CT molecular complexity index is 324. The monoisotopic (exact) mass is 240 g/mol. The Morgan fingerprint density at radius 2 is 1.50 bits per heavy atom. The van der Waals surface area contributed by atoms with Gasteiger partial charge in [-0.05, 0) is 30.4 Å². The van der Waals surface area contributed by atoms with E-state index >= 15 is 0 Å². The first-order valence-electron chi connectivity index (χ1n) is 6.05. The van der Waals surface area contributed by atoms with E-state index in [1.807, 2.05) is 0 Å². The van der Waals surface area contributed by atoms with Crippen molar-refractivity contribution in [3.8, 4) is 0 Å². The number of hydrogen-bond acceptors (Lipinski definition) is 1. The van der Waals surface area contributed by atoms with Crippen LogP contribution in [0.25, 0.3) is 0 Å². The van der Waals surface area contributed by atoms with Crippen LogP contribution in [0.5, 0.6) is 0 Å². The first-order chi connectivity index (χ1) is 7.16. The topological polar surface area (TPSA) is 13.1 Å². The van der Waals surface area contributed by atoms with Crippen LogP contribution in [0, 0.1) is 0 Å². The molecule has 0 atom stereocenters. The Morgan fingerprint density at radius 3 is 1.81 bits per heavy atom. The lowest BCUT2D eigenvalue weighted by Gasteiger charge is -2.39. The molecule has 0 saturated heterocycles. The molecule has 0 unspecified atom stereocenters. The van der Waals surface area contributed by atoms with E-state index in [2.05, 4.69) is 60.6 Å². The highest BCUT2D eigenvalue weighted by molar-refractivity contribution is 7.68. The minimum Gasteiger partial charge on any atom is -0.462 e. The first-order valence-corrected chi connectivity index (χ1v) is 7.39. The van der Waals surface area contributed by atoms with Crippen molar-refractivity contribution in [2.24, 2.45) is 0 Å². The van der Waals surface area contributed by atoms with Crippen molar-refractivity contribution in [1.29, 1.82) is 0 Å². The third kappa shape index (κ3) is 3.10. The van der Waals surface area contributed by atoms with E-state index < -0.39 is 0 Å². The van der Waals surface area contributed by atoms with E-state index in [0.29, 0.717) is 0 Å². The first kappa shape index (κ1) is 13.8. The van der Waals surface area contributed by atoms with Crippen LogP contribution < -0.4 is 5.50 Å². The van der Waals surface area contributed by atoms with Crippen molar-refractivity contribution in [3.05, 3.63) is 17.9 Å². The summed E-state index contributed by atoms with van der Waals surface area (Å²) in [5.74, 6) is 1.11. The van der Waals surface area contributed by atoms with Gasteiger partial charge in [-0.3, -0.25) is 0 Å². The zero-order chi connectivity index (χ0) is 12.6. The molecule has 1 rings (SSSR count). The summed E-state index contributed by atoms with van der Waals surface area (Å²) in [6.07, 6.45) is 0.984. The van der Waals surface area contributed by atoms with Gasteiger partial charge in [0.05, 0.1) is 0 Å². The maximum atomic E-state index is 5.98. The minimum atomic E-state index is -0.289. The molecule has 0 aliphatic heterocycles. The quantitative estimate of drug-likeness (QED) is 0.691. The van der Waals surface area contributed by atoms with Gasteiger partial charge in [-0.15, -0.1) is 0 Å². The average Bonchev–Trinajstić information content (AvgIpc) is 2.47. The van der Waals surface area contributed by atoms with E-state index in [9.17, 15) is 0 Å². The van der Waals surface area contributed by atoms with E-state index in [1.54, 1.807) is 0 Å². The van der Waals surface area contributed by atoms with Crippen molar-refractivity contribution < 1.29 is 4.42 Å². The van der Waals surface area contributed by atoms with Gasteiger partial charge in [0, 0.05) is 6.42 Å². The van der Waals surface area contributed by atoms with Crippen LogP contribution in [0.2, 0.25) is 0 Å². The molecule has 1 nitrogen and oxygen atoms in total. The number of hydrogen-bond donors (Lipinski definition) is 0. The summed E-state index contributed by atoms with van der Waals surface area (Å²) < 4.78 is 5.98. The van der Waals surface area contributed by atoms with Gasteiger partial charge in [0.15, 0.2) is 0 Å². The van der Waals surface area contributed by atoms with Crippen LogP contribution in [-0.2, 0) is 6.42 Å². The van der Waals surface area contributed by atoms with E-state index in [4.69, 9.17) is 4.42 Å². The molecule has 0 radical (unpaired) electrons. The lowest BCUT2D eigenvalue weighted by atomic mass is 10.2. The Labute approximate surface area is 101 Å². The molecule has 92 valence electrons. The molecule has 0 bridgehead atoms. The molecule has 1 aromatic rings. The van der Waals surface area contributed by atoms with Gasteiger partial charge < -0.3 is 4.42 Å². The van der Waals surface area contributed by atoms with Gasteiger partial charge in [0.1, 0.15) is 11.3 Å². The SMILES string of the molecule is CCc1ccc(P(C(C)(C)C)C(C)(C)C)o1. The van der Waals surface area contributed by atoms with Gasteiger partial charge in [0.25, 0.3) is 0 Å². The fourth-order valence-electron chi connectivity index (χ4n) is 2.34. The Kier molecular flexibility index (Phi) is 3.90. The largest absolute Gasteiger partial charge is 0.462 e. The van der Waals surface area contributed by atoms with Gasteiger partial charge in [-0.25, -0.2) is 0 Å². The zero-order valence-corrected chi connectivity index (χ0v) is 12.6. The van der Waals surface area contributed by atoms with Crippen molar-refractivity contribution in [3.63, 3.8) is 0 Å². The summed E-state index contributed by atoms with van der Waals surface area (Å²) in [5.41, 5.74) is 1.20. The van der Waals surface area contributed by atoms with Crippen LogP contribution in [0.4, 0.5) is 0 Å². The second-order valence-electron chi connectivity index (χ2n) is 6.27. The fourth-order valence-corrected chi connectivity index (χ4v) is 6.11. The van der Waals surface area contributed by atoms with Crippen LogP contribution in [-0.4, -0.2) is 10.3 Å². The summed E-state index contributed by atoms with van der Waals surface area (Å²) in [6.45, 7) is 16.0. The van der Waals surface area contributed by atoms with E-state index in [1.165, 1.54) is 5.50 Å². The Morgan fingerprint density at radius 1 is 1.00 bits per heavy atom. The molecule has 0 amide bonds. The van der Waals surface area contributed by atoms with Gasteiger partial charge >= 0.3 is 0 Å². The molecule has 0 aliphatic carbocycles. The normalized spacial score (nSPS) is 13.5. The van der Waals surface area contributed by atoms with E-state index in [0.717, 1.165) is 12.2 Å². The second kappa shape index (κ2) is 4.53. The van der Waals surface area contributed by atoms with Crippen molar-refractivity contribution in [2.75, 3.05) is 0 Å². The smallest absolute Gasteiger partial charge is 0.126 e. The van der Waals surface area contributed by atoms with Crippen molar-refractivity contribution in [2.45, 2.75) is 65.2 Å². The Balaban J connectivity index is 3.12. The maximum Gasteiger partial charge on any atom is 0.126 e. The molecule has 0 aromatic carbocycles. The molecule has 1 heterocycles. The summed E-state index contributed by atoms with van der Waals surface area (Å²) in [4.78, 5) is 0. The molecular weight excluding hydrogens is 215 g/mol. The zero-order valence-electron chi connectivity index (χ0n) is 11.7. The summed E-state index contributed by atoms with van der Waals surface area (Å²) in [6, 6.07) is 4.31. The molecule has 1 aromatic heterocycles. The molecule has 2 heteroatoms. The molecule has 16 heavy (non-hydrogen) atoms. The van der Waals surface area contributed by atoms with E-state index in [-0.39, 0.29) is 18.2 Å². The molecular formula is C14H25OP. The maximum absolute atomic E-state index is 5.98. The molecule has 0 N–H and O–H groups in total. The van der Waals surface area contributed by atoms with Crippen LogP contribution in [0.15, 0.2) is 16.5 Å². The van der Waals surface area contributed by atoms with Crippen LogP contribution in [0.3, 0.4) is 0 Å². The summed E-state index contributed by atoms with van der Waals surface area (Å²) >= 11 is 0. The van der Waals surface area contributed by atoms with Gasteiger partial charge in [-0.1, -0.05) is 48.5 Å². The predicted octanol–water partition coefficient (Wildman–Crippen LogP) is 4.55. The van der Waals surface area contributed by atoms with Gasteiger partial charge in [0.2, 0.25) is 0 Å². The van der Waals surface area contributed by atoms with Crippen molar-refractivity contribution >= 4 is 13.4 Å². The standard InChI is InChI=1S/C14H25OP/c1-8-11-9-10-12(15-11)16(13(2,3)4)14(5,6)7/h9-10H,8H2,1-7H3. The molecule has 0 spiro atoms. The lowest BCUT2D eigenvalue weighted by Crippen LogP contribution is -2.30. The second-order valence-corrected chi connectivity index (χ2v) is 10.1. The average molecular weight is 240 g/mol. The number of aryl methyl sites for hydroxylation is 1. The fraction of sp³-hybridized carbons (Fsp3) is 0.714. The highest BCUT2D eigenvalue weighted by Gasteiger charge is 2.37. The molecule has 0 saturated carbocycles. The highest BCUT2D eigenvalue weighted by Crippen LogP contribution is 2.58. The van der Waals surface area contributed by atoms with Gasteiger partial charge in [-0.2, -0.15) is 0 Å². The number of furan rings is 1. The third-order valence-corrected chi connectivity index (χ3v) is 5.92. The Hall–Kier alpha value is -0.290. The third-order valence-electron chi connectivity index (χ3n) is 2.56. The van der Waals surface area contributed by atoms with Crippen LogP contribution >= 0.6 is 7.92 Å². The van der Waals surface area contributed by atoms with Crippen LogP contribution in [0.1, 0.15) is 54.2 Å². The summed E-state index contributed by atoms with van der Waals surface area (Å²) in [5, 5.41) is 0.576. The predicted molar refractivity (Wildman–Crippen MR) is 74.1 cm³/mol. The minimum absolute atomic E-state index is 0.288. The summed E-state index contributed by atoms with van der Waals surface area (Å²) in [7, 11) is -0.289. The lowest BCUT2D eigenvalue weighted by molar-refractivity contribution is 0.540. The molecule has 0 aliphatic rings. The van der Waals surface area contributed by atoms with Crippen molar-refractivity contribution in [1.82, 2.24) is 0 Å². The molecule has 0 fully saturated rings. The highest BCUT2D eigenvalue weighted by atomic mass is 31.1.